The number of phenolic OH excluding ortho intramolecular Hbond substituents is 1. The molecular formula is C10H10N4O. The fourth-order valence-corrected chi connectivity index (χ4v) is 1.31. The minimum Gasteiger partial charge on any atom is -0.508 e. The van der Waals surface area contributed by atoms with Crippen LogP contribution in [0, 0.1) is 0 Å². The van der Waals surface area contributed by atoms with Crippen molar-refractivity contribution in [2.75, 3.05) is 11.5 Å². The highest BCUT2D eigenvalue weighted by Gasteiger charge is 2.05. The van der Waals surface area contributed by atoms with Crippen LogP contribution in [-0.2, 0) is 0 Å². The predicted octanol–water partition coefficient (Wildman–Crippen LogP) is 1.01. The summed E-state index contributed by atoms with van der Waals surface area (Å²) in [6.45, 7) is 0. The monoisotopic (exact) mass is 202 g/mol. The van der Waals surface area contributed by atoms with Gasteiger partial charge in [-0.1, -0.05) is 12.1 Å². The lowest BCUT2D eigenvalue weighted by Crippen LogP contribution is -2.00. The number of hydrogen-bond acceptors (Lipinski definition) is 5. The zero-order valence-electron chi connectivity index (χ0n) is 7.88. The van der Waals surface area contributed by atoms with Crippen LogP contribution in [0.2, 0.25) is 0 Å². The van der Waals surface area contributed by atoms with Gasteiger partial charge in [-0.3, -0.25) is 0 Å². The molecular weight excluding hydrogens is 192 g/mol. The Kier molecular flexibility index (Phi) is 2.13. The number of anilines is 2. The molecule has 76 valence electrons. The number of aromatic hydroxyl groups is 1. The van der Waals surface area contributed by atoms with Crippen molar-refractivity contribution in [2.24, 2.45) is 0 Å². The molecule has 1 aromatic carbocycles. The van der Waals surface area contributed by atoms with E-state index in [1.165, 1.54) is 6.20 Å². The molecule has 0 amide bonds. The van der Waals surface area contributed by atoms with Crippen molar-refractivity contribution >= 4 is 11.8 Å². The molecule has 0 spiro atoms. The number of nitrogens with zero attached hydrogens (tertiary/aromatic N) is 2. The van der Waals surface area contributed by atoms with Gasteiger partial charge in [-0.25, -0.2) is 4.98 Å². The summed E-state index contributed by atoms with van der Waals surface area (Å²) in [5.41, 5.74) is 12.5. The number of benzene rings is 1. The van der Waals surface area contributed by atoms with Gasteiger partial charge in [0.25, 0.3) is 0 Å². The van der Waals surface area contributed by atoms with Crippen LogP contribution in [0.3, 0.4) is 0 Å². The first kappa shape index (κ1) is 9.26. The second-order valence-corrected chi connectivity index (χ2v) is 3.08. The first-order valence-electron chi connectivity index (χ1n) is 4.34. The maximum atomic E-state index is 9.31. The minimum atomic E-state index is 0.136. The number of hydrogen-bond donors (Lipinski definition) is 3. The van der Waals surface area contributed by atoms with E-state index in [9.17, 15) is 5.11 Å². The molecule has 2 aromatic rings. The minimum absolute atomic E-state index is 0.136. The Bertz CT molecular complexity index is 499. The Morgan fingerprint density at radius 3 is 2.67 bits per heavy atom. The molecule has 0 saturated heterocycles. The Hall–Kier alpha value is -2.30. The van der Waals surface area contributed by atoms with E-state index in [1.807, 2.05) is 6.07 Å². The zero-order valence-corrected chi connectivity index (χ0v) is 7.88. The number of nitrogens with two attached hydrogens (primary N) is 2. The molecule has 1 heterocycles. The lowest BCUT2D eigenvalue weighted by atomic mass is 10.1. The predicted molar refractivity (Wildman–Crippen MR) is 58.0 cm³/mol. The highest BCUT2D eigenvalue weighted by Crippen LogP contribution is 2.26. The second kappa shape index (κ2) is 3.45. The summed E-state index contributed by atoms with van der Waals surface area (Å²) in [6.07, 6.45) is 1.53. The summed E-state index contributed by atoms with van der Waals surface area (Å²) in [6, 6.07) is 6.70. The van der Waals surface area contributed by atoms with E-state index in [0.29, 0.717) is 11.4 Å². The third-order valence-corrected chi connectivity index (χ3v) is 1.99. The van der Waals surface area contributed by atoms with E-state index in [2.05, 4.69) is 9.97 Å². The molecule has 0 aliphatic rings. The van der Waals surface area contributed by atoms with E-state index >= 15 is 0 Å². The number of phenols is 1. The number of aromatic nitrogens is 2. The van der Waals surface area contributed by atoms with Gasteiger partial charge in [0.15, 0.2) is 0 Å². The normalized spacial score (nSPS) is 10.1. The van der Waals surface area contributed by atoms with E-state index in [4.69, 9.17) is 11.5 Å². The van der Waals surface area contributed by atoms with Crippen LogP contribution in [0.1, 0.15) is 0 Å². The Morgan fingerprint density at radius 2 is 2.00 bits per heavy atom. The van der Waals surface area contributed by atoms with Gasteiger partial charge in [0.2, 0.25) is 5.95 Å². The average molecular weight is 202 g/mol. The van der Waals surface area contributed by atoms with Gasteiger partial charge in [0.1, 0.15) is 11.6 Å². The van der Waals surface area contributed by atoms with Gasteiger partial charge in [-0.15, -0.1) is 0 Å². The van der Waals surface area contributed by atoms with Crippen molar-refractivity contribution < 1.29 is 5.11 Å². The molecule has 15 heavy (non-hydrogen) atoms. The zero-order chi connectivity index (χ0) is 10.8. The first-order valence-corrected chi connectivity index (χ1v) is 4.34. The maximum absolute atomic E-state index is 9.31. The first-order chi connectivity index (χ1) is 7.16. The summed E-state index contributed by atoms with van der Waals surface area (Å²) >= 11 is 0. The van der Waals surface area contributed by atoms with Crippen LogP contribution < -0.4 is 11.5 Å². The molecule has 0 atom stereocenters. The SMILES string of the molecule is Nc1ncc(-c2cccc(O)c2)c(N)n1. The van der Waals surface area contributed by atoms with Gasteiger partial charge in [0, 0.05) is 11.8 Å². The molecule has 5 heteroatoms. The van der Waals surface area contributed by atoms with Gasteiger partial charge in [-0.2, -0.15) is 4.98 Å². The van der Waals surface area contributed by atoms with Crippen LogP contribution in [-0.4, -0.2) is 15.1 Å². The Labute approximate surface area is 86.4 Å². The van der Waals surface area contributed by atoms with Crippen LogP contribution >= 0.6 is 0 Å². The lowest BCUT2D eigenvalue weighted by Gasteiger charge is -2.05. The molecule has 1 aromatic heterocycles. The smallest absolute Gasteiger partial charge is 0.221 e. The summed E-state index contributed by atoms with van der Waals surface area (Å²) in [4.78, 5) is 7.69. The average Bonchev–Trinajstić information content (AvgIpc) is 2.17. The standard InChI is InChI=1S/C10H10N4O/c11-9-8(5-13-10(12)14-9)6-2-1-3-7(15)4-6/h1-5,15H,(H4,11,12,13,14). The molecule has 5 N–H and O–H groups in total. The van der Waals surface area contributed by atoms with Crippen molar-refractivity contribution in [1.82, 2.24) is 9.97 Å². The fourth-order valence-electron chi connectivity index (χ4n) is 1.31. The number of rotatable bonds is 1. The lowest BCUT2D eigenvalue weighted by molar-refractivity contribution is 0.475. The number of nitrogen functional groups attached to an aromatic ring is 2. The molecule has 5 nitrogen and oxygen atoms in total. The maximum Gasteiger partial charge on any atom is 0.221 e. The third kappa shape index (κ3) is 1.80. The third-order valence-electron chi connectivity index (χ3n) is 1.99. The Balaban J connectivity index is 2.54. The fraction of sp³-hybridized carbons (Fsp3) is 0. The molecule has 0 bridgehead atoms. The molecule has 2 rings (SSSR count). The van der Waals surface area contributed by atoms with Crippen molar-refractivity contribution in [3.8, 4) is 16.9 Å². The molecule has 0 fully saturated rings. The van der Waals surface area contributed by atoms with Crippen LogP contribution in [0.5, 0.6) is 5.75 Å². The molecule has 0 saturated carbocycles. The van der Waals surface area contributed by atoms with Crippen molar-refractivity contribution in [1.29, 1.82) is 0 Å². The summed E-state index contributed by atoms with van der Waals surface area (Å²) in [5, 5.41) is 9.31. The summed E-state index contributed by atoms with van der Waals surface area (Å²) in [5.74, 6) is 0.605. The van der Waals surface area contributed by atoms with Crippen LogP contribution in [0.4, 0.5) is 11.8 Å². The molecule has 0 unspecified atom stereocenters. The summed E-state index contributed by atoms with van der Waals surface area (Å²) in [7, 11) is 0. The molecule has 0 aliphatic heterocycles. The molecule has 0 aliphatic carbocycles. The van der Waals surface area contributed by atoms with E-state index < -0.39 is 0 Å². The second-order valence-electron chi connectivity index (χ2n) is 3.08. The molecule has 0 radical (unpaired) electrons. The van der Waals surface area contributed by atoms with Gasteiger partial charge >= 0.3 is 0 Å². The largest absolute Gasteiger partial charge is 0.508 e. The van der Waals surface area contributed by atoms with Crippen LogP contribution in [0.15, 0.2) is 30.5 Å². The van der Waals surface area contributed by atoms with Crippen molar-refractivity contribution in [3.63, 3.8) is 0 Å². The quantitative estimate of drug-likeness (QED) is 0.641. The van der Waals surface area contributed by atoms with Gasteiger partial charge < -0.3 is 16.6 Å². The van der Waals surface area contributed by atoms with Crippen molar-refractivity contribution in [3.05, 3.63) is 30.5 Å². The summed E-state index contributed by atoms with van der Waals surface area (Å²) < 4.78 is 0. The van der Waals surface area contributed by atoms with Crippen LogP contribution in [0.25, 0.3) is 11.1 Å². The highest BCUT2D eigenvalue weighted by atomic mass is 16.3. The topological polar surface area (TPSA) is 98.0 Å². The van der Waals surface area contributed by atoms with E-state index in [0.717, 1.165) is 5.56 Å². The Morgan fingerprint density at radius 1 is 1.20 bits per heavy atom. The van der Waals surface area contributed by atoms with E-state index in [1.54, 1.807) is 18.2 Å². The highest BCUT2D eigenvalue weighted by molar-refractivity contribution is 5.74. The van der Waals surface area contributed by atoms with Gasteiger partial charge in [0.05, 0.1) is 0 Å². The van der Waals surface area contributed by atoms with Gasteiger partial charge in [-0.05, 0) is 17.7 Å². The van der Waals surface area contributed by atoms with E-state index in [-0.39, 0.29) is 11.7 Å². The van der Waals surface area contributed by atoms with Crippen molar-refractivity contribution in [2.45, 2.75) is 0 Å².